The van der Waals surface area contributed by atoms with Gasteiger partial charge in [-0.2, -0.15) is 4.72 Å². The zero-order valence-corrected chi connectivity index (χ0v) is 15.6. The molecule has 1 aromatic carbocycles. The summed E-state index contributed by atoms with van der Waals surface area (Å²) in [6.45, 7) is 2.24. The van der Waals surface area contributed by atoms with Crippen molar-refractivity contribution in [2.75, 3.05) is 6.54 Å². The van der Waals surface area contributed by atoms with Crippen LogP contribution in [-0.4, -0.2) is 42.9 Å². The number of carbonyl (C=O) groups is 2. The summed E-state index contributed by atoms with van der Waals surface area (Å²) >= 11 is 1.08. The fourth-order valence-corrected chi connectivity index (χ4v) is 5.12. The number of nitrogens with one attached hydrogen (secondary N) is 1. The molecule has 3 rings (SSSR count). The van der Waals surface area contributed by atoms with Crippen LogP contribution in [0.25, 0.3) is 0 Å². The van der Waals surface area contributed by atoms with Crippen LogP contribution in [0, 0.1) is 0 Å². The number of carbonyl (C=O) groups excluding carboxylic acids is 1. The van der Waals surface area contributed by atoms with Gasteiger partial charge >= 0.3 is 5.97 Å². The van der Waals surface area contributed by atoms with Gasteiger partial charge in [0.05, 0.1) is 11.6 Å². The number of hydrogen-bond acceptors (Lipinski definition) is 5. The second-order valence-corrected chi connectivity index (χ2v) is 8.96. The molecule has 7 nitrogen and oxygen atoms in total. The van der Waals surface area contributed by atoms with Crippen LogP contribution in [0.2, 0.25) is 0 Å². The Morgan fingerprint density at radius 3 is 2.69 bits per heavy atom. The molecular weight excluding hydrogens is 376 g/mol. The summed E-state index contributed by atoms with van der Waals surface area (Å²) in [5.74, 6) is -1.36. The van der Waals surface area contributed by atoms with Gasteiger partial charge in [0.2, 0.25) is 5.91 Å². The highest BCUT2D eigenvalue weighted by Gasteiger charge is 2.28. The van der Waals surface area contributed by atoms with Crippen LogP contribution in [0.5, 0.6) is 0 Å². The van der Waals surface area contributed by atoms with Crippen molar-refractivity contribution in [2.45, 2.75) is 30.1 Å². The second kappa shape index (κ2) is 7.18. The van der Waals surface area contributed by atoms with Crippen LogP contribution in [0.15, 0.2) is 39.9 Å². The molecule has 26 heavy (non-hydrogen) atoms. The molecule has 0 radical (unpaired) electrons. The molecule has 2 N–H and O–H groups in total. The summed E-state index contributed by atoms with van der Waals surface area (Å²) in [4.78, 5) is 25.3. The van der Waals surface area contributed by atoms with Crippen molar-refractivity contribution in [3.63, 3.8) is 0 Å². The Labute approximate surface area is 155 Å². The van der Waals surface area contributed by atoms with Crippen molar-refractivity contribution in [1.82, 2.24) is 9.62 Å². The van der Waals surface area contributed by atoms with E-state index in [-0.39, 0.29) is 22.2 Å². The minimum atomic E-state index is -3.74. The number of sulfonamides is 1. The Morgan fingerprint density at radius 1 is 1.27 bits per heavy atom. The van der Waals surface area contributed by atoms with Crippen LogP contribution in [-0.2, 0) is 27.8 Å². The molecule has 0 spiro atoms. The van der Waals surface area contributed by atoms with E-state index in [1.807, 2.05) is 0 Å². The van der Waals surface area contributed by atoms with E-state index in [2.05, 4.69) is 4.72 Å². The predicted octanol–water partition coefficient (Wildman–Crippen LogP) is 1.70. The molecule has 1 atom stereocenters. The van der Waals surface area contributed by atoms with Gasteiger partial charge in [0.25, 0.3) is 10.0 Å². The summed E-state index contributed by atoms with van der Waals surface area (Å²) in [6.07, 6.45) is 0.603. The summed E-state index contributed by atoms with van der Waals surface area (Å²) in [7, 11) is -3.74. The number of carboxylic acids is 1. The Hall–Kier alpha value is -2.23. The molecular formula is C17H18N2O5S2. The van der Waals surface area contributed by atoms with Gasteiger partial charge in [0.15, 0.2) is 0 Å². The maximum Gasteiger partial charge on any atom is 0.335 e. The Kier molecular flexibility index (Phi) is 5.12. The van der Waals surface area contributed by atoms with E-state index in [0.29, 0.717) is 13.0 Å². The molecule has 2 aromatic rings. The van der Waals surface area contributed by atoms with Crippen molar-refractivity contribution in [3.05, 3.63) is 52.4 Å². The molecule has 9 heteroatoms. The van der Waals surface area contributed by atoms with E-state index in [4.69, 9.17) is 5.11 Å². The Morgan fingerprint density at radius 2 is 2.04 bits per heavy atom. The van der Waals surface area contributed by atoms with Gasteiger partial charge in [-0.05, 0) is 48.1 Å². The van der Waals surface area contributed by atoms with E-state index in [9.17, 15) is 18.0 Å². The molecule has 0 saturated heterocycles. The number of carboxylic acid groups (broad SMARTS) is 1. The van der Waals surface area contributed by atoms with Crippen molar-refractivity contribution in [2.24, 2.45) is 0 Å². The summed E-state index contributed by atoms with van der Waals surface area (Å²) in [5.41, 5.74) is 1.95. The van der Waals surface area contributed by atoms with Crippen molar-refractivity contribution in [3.8, 4) is 0 Å². The molecule has 0 saturated carbocycles. The average Bonchev–Trinajstić information content (AvgIpc) is 3.15. The normalized spacial score (nSPS) is 15.3. The van der Waals surface area contributed by atoms with Gasteiger partial charge in [-0.15, -0.1) is 11.3 Å². The van der Waals surface area contributed by atoms with E-state index in [1.54, 1.807) is 34.5 Å². The number of thiophene rings is 1. The maximum atomic E-state index is 12.7. The zero-order valence-electron chi connectivity index (χ0n) is 14.0. The van der Waals surface area contributed by atoms with E-state index in [1.165, 1.54) is 13.0 Å². The third-order valence-corrected chi connectivity index (χ3v) is 7.18. The van der Waals surface area contributed by atoms with Crippen LogP contribution < -0.4 is 4.72 Å². The lowest BCUT2D eigenvalue weighted by Crippen LogP contribution is -2.48. The highest BCUT2D eigenvalue weighted by atomic mass is 32.2. The minimum absolute atomic E-state index is 0.159. The third-order valence-electron chi connectivity index (χ3n) is 4.24. The summed E-state index contributed by atoms with van der Waals surface area (Å²) < 4.78 is 27.1. The van der Waals surface area contributed by atoms with E-state index in [0.717, 1.165) is 22.5 Å². The fourth-order valence-electron chi connectivity index (χ4n) is 2.91. The number of hydrogen-bond donors (Lipinski definition) is 2. The molecule has 0 bridgehead atoms. The lowest BCUT2D eigenvalue weighted by molar-refractivity contribution is -0.133. The lowest BCUT2D eigenvalue weighted by Gasteiger charge is -2.31. The van der Waals surface area contributed by atoms with Gasteiger partial charge in [-0.1, -0.05) is 12.1 Å². The molecule has 1 amide bonds. The van der Waals surface area contributed by atoms with Gasteiger partial charge in [-0.3, -0.25) is 4.79 Å². The zero-order chi connectivity index (χ0) is 18.9. The number of aromatic carboxylic acids is 1. The first kappa shape index (κ1) is 18.6. The van der Waals surface area contributed by atoms with Crippen molar-refractivity contribution >= 4 is 33.2 Å². The first-order valence-corrected chi connectivity index (χ1v) is 10.3. The first-order valence-electron chi connectivity index (χ1n) is 7.97. The van der Waals surface area contributed by atoms with Crippen molar-refractivity contribution < 1.29 is 23.1 Å². The van der Waals surface area contributed by atoms with Gasteiger partial charge < -0.3 is 10.0 Å². The number of nitrogens with zero attached hydrogens (tertiary/aromatic N) is 1. The Bertz CT molecular complexity index is 938. The molecule has 2 heterocycles. The first-order chi connectivity index (χ1) is 12.3. The standard InChI is InChI=1S/C17H18N2O5S2/c1-11(18-26(23,24)15-3-2-8-25-15)16(20)19-7-6-12-4-5-13(17(21)22)9-14(12)10-19/h2-5,8-9,11,18H,6-7,10H2,1H3,(H,21,22). The third kappa shape index (κ3) is 3.79. The molecule has 1 aromatic heterocycles. The van der Waals surface area contributed by atoms with Crippen molar-refractivity contribution in [1.29, 1.82) is 0 Å². The van der Waals surface area contributed by atoms with Crippen LogP contribution in [0.4, 0.5) is 0 Å². The number of fused-ring (bicyclic) bond motifs is 1. The molecule has 1 aliphatic heterocycles. The predicted molar refractivity (Wildman–Crippen MR) is 96.6 cm³/mol. The number of amides is 1. The molecule has 1 unspecified atom stereocenters. The lowest BCUT2D eigenvalue weighted by atomic mass is 9.97. The summed E-state index contributed by atoms with van der Waals surface area (Å²) in [5, 5.41) is 10.8. The highest BCUT2D eigenvalue weighted by Crippen LogP contribution is 2.22. The fraction of sp³-hybridized carbons (Fsp3) is 0.294. The average molecular weight is 394 g/mol. The Balaban J connectivity index is 1.72. The van der Waals surface area contributed by atoms with Gasteiger partial charge in [0, 0.05) is 13.1 Å². The molecule has 138 valence electrons. The number of rotatable bonds is 5. The molecule has 0 aliphatic carbocycles. The quantitative estimate of drug-likeness (QED) is 0.803. The van der Waals surface area contributed by atoms with Gasteiger partial charge in [-0.25, -0.2) is 13.2 Å². The largest absolute Gasteiger partial charge is 0.478 e. The van der Waals surface area contributed by atoms with Crippen LogP contribution in [0.1, 0.15) is 28.4 Å². The SMILES string of the molecule is CC(NS(=O)(=O)c1cccs1)C(=O)N1CCc2ccc(C(=O)O)cc2C1. The molecule has 1 aliphatic rings. The minimum Gasteiger partial charge on any atom is -0.478 e. The van der Waals surface area contributed by atoms with Crippen LogP contribution in [0.3, 0.4) is 0 Å². The monoisotopic (exact) mass is 394 g/mol. The smallest absolute Gasteiger partial charge is 0.335 e. The molecule has 0 fully saturated rings. The van der Waals surface area contributed by atoms with E-state index < -0.39 is 22.0 Å². The van der Waals surface area contributed by atoms with Gasteiger partial charge in [0.1, 0.15) is 4.21 Å². The summed E-state index contributed by atoms with van der Waals surface area (Å²) in [6, 6.07) is 7.09. The topological polar surface area (TPSA) is 104 Å². The maximum absolute atomic E-state index is 12.7. The van der Waals surface area contributed by atoms with Crippen LogP contribution >= 0.6 is 11.3 Å². The van der Waals surface area contributed by atoms with E-state index >= 15 is 0 Å². The highest BCUT2D eigenvalue weighted by molar-refractivity contribution is 7.91. The second-order valence-electron chi connectivity index (χ2n) is 6.07. The number of benzene rings is 1.